The van der Waals surface area contributed by atoms with Gasteiger partial charge in [-0.2, -0.15) is 0 Å². The van der Waals surface area contributed by atoms with Crippen molar-refractivity contribution in [1.82, 2.24) is 5.32 Å². The highest BCUT2D eigenvalue weighted by atomic mass is 35.5. The number of para-hydroxylation sites is 1. The second-order valence-electron chi connectivity index (χ2n) is 6.17. The average Bonchev–Trinajstić information content (AvgIpc) is 2.76. The number of halogens is 2. The van der Waals surface area contributed by atoms with Gasteiger partial charge in [-0.05, 0) is 37.8 Å². The Morgan fingerprint density at radius 3 is 2.75 bits per heavy atom. The van der Waals surface area contributed by atoms with E-state index in [0.717, 1.165) is 31.4 Å². The van der Waals surface area contributed by atoms with Gasteiger partial charge in [-0.1, -0.05) is 24.3 Å². The molecule has 132 valence electrons. The zero-order valence-corrected chi connectivity index (χ0v) is 15.5. The topological polar surface area (TPSA) is 32.3 Å². The minimum absolute atomic E-state index is 0.0691. The lowest BCUT2D eigenvalue weighted by molar-refractivity contribution is -0.118. The van der Waals surface area contributed by atoms with E-state index >= 15 is 0 Å². The zero-order valence-electron chi connectivity index (χ0n) is 14.0. The SMILES string of the molecule is C=CCN[C@@H]1CC(Cl)CCC[C@H]1N(C(=O)CCCl)c1ccccc1. The molecule has 1 N–H and O–H groups in total. The Labute approximate surface area is 155 Å². The van der Waals surface area contributed by atoms with Crippen molar-refractivity contribution in [2.45, 2.75) is 49.6 Å². The van der Waals surface area contributed by atoms with Crippen molar-refractivity contribution >= 4 is 34.8 Å². The summed E-state index contributed by atoms with van der Waals surface area (Å²) in [6.07, 6.45) is 5.96. The van der Waals surface area contributed by atoms with E-state index in [2.05, 4.69) is 11.9 Å². The monoisotopic (exact) mass is 368 g/mol. The normalized spacial score (nSPS) is 24.2. The number of nitrogens with zero attached hydrogens (tertiary/aromatic N) is 1. The van der Waals surface area contributed by atoms with Gasteiger partial charge >= 0.3 is 0 Å². The largest absolute Gasteiger partial charge is 0.308 e. The van der Waals surface area contributed by atoms with E-state index in [1.54, 1.807) is 0 Å². The number of carbonyl (C=O) groups excluding carboxylic acids is 1. The lowest BCUT2D eigenvalue weighted by Gasteiger charge is -2.37. The van der Waals surface area contributed by atoms with Crippen LogP contribution >= 0.6 is 23.2 Å². The van der Waals surface area contributed by atoms with Crippen LogP contribution in [0.3, 0.4) is 0 Å². The Morgan fingerprint density at radius 1 is 1.33 bits per heavy atom. The van der Waals surface area contributed by atoms with Crippen LogP contribution in [0.5, 0.6) is 0 Å². The van der Waals surface area contributed by atoms with Crippen LogP contribution in [0.1, 0.15) is 32.1 Å². The van der Waals surface area contributed by atoms with Gasteiger partial charge in [0.1, 0.15) is 0 Å². The van der Waals surface area contributed by atoms with Gasteiger partial charge in [-0.3, -0.25) is 4.79 Å². The lowest BCUT2D eigenvalue weighted by Crippen LogP contribution is -2.53. The van der Waals surface area contributed by atoms with Crippen molar-refractivity contribution in [3.05, 3.63) is 43.0 Å². The van der Waals surface area contributed by atoms with Crippen LogP contribution in [0.4, 0.5) is 5.69 Å². The molecule has 1 saturated carbocycles. The Balaban J connectivity index is 2.32. The minimum atomic E-state index is 0.0691. The van der Waals surface area contributed by atoms with Crippen LogP contribution in [-0.2, 0) is 4.79 Å². The molecule has 24 heavy (non-hydrogen) atoms. The van der Waals surface area contributed by atoms with Crippen LogP contribution in [0.25, 0.3) is 0 Å². The number of hydrogen-bond acceptors (Lipinski definition) is 2. The molecule has 3 atom stereocenters. The third-order valence-electron chi connectivity index (χ3n) is 4.46. The fraction of sp³-hybridized carbons (Fsp3) is 0.526. The molecule has 2 rings (SSSR count). The van der Waals surface area contributed by atoms with E-state index in [-0.39, 0.29) is 23.4 Å². The highest BCUT2D eigenvalue weighted by molar-refractivity contribution is 6.20. The smallest absolute Gasteiger partial charge is 0.228 e. The summed E-state index contributed by atoms with van der Waals surface area (Å²) in [4.78, 5) is 14.7. The number of carbonyl (C=O) groups is 1. The summed E-state index contributed by atoms with van der Waals surface area (Å²) in [6, 6.07) is 10.1. The first-order valence-electron chi connectivity index (χ1n) is 8.58. The number of hydrogen-bond donors (Lipinski definition) is 1. The number of rotatable bonds is 7. The molecule has 3 nitrogen and oxygen atoms in total. The summed E-state index contributed by atoms with van der Waals surface area (Å²) in [6.45, 7) is 4.49. The molecule has 0 saturated heterocycles. The van der Waals surface area contributed by atoms with Gasteiger partial charge in [-0.15, -0.1) is 29.8 Å². The molecule has 1 aromatic carbocycles. The zero-order chi connectivity index (χ0) is 17.4. The van der Waals surface area contributed by atoms with Crippen molar-refractivity contribution < 1.29 is 4.79 Å². The number of amides is 1. The van der Waals surface area contributed by atoms with Crippen molar-refractivity contribution in [2.75, 3.05) is 17.3 Å². The first-order chi connectivity index (χ1) is 11.7. The Morgan fingerprint density at radius 2 is 2.08 bits per heavy atom. The maximum Gasteiger partial charge on any atom is 0.228 e. The van der Waals surface area contributed by atoms with Crippen molar-refractivity contribution in [2.24, 2.45) is 0 Å². The highest BCUT2D eigenvalue weighted by Crippen LogP contribution is 2.30. The summed E-state index contributed by atoms with van der Waals surface area (Å²) in [5, 5.41) is 3.65. The van der Waals surface area contributed by atoms with Crippen molar-refractivity contribution in [1.29, 1.82) is 0 Å². The molecule has 0 radical (unpaired) electrons. The molecule has 1 fully saturated rings. The van der Waals surface area contributed by atoms with Gasteiger partial charge in [0, 0.05) is 36.0 Å². The Bertz CT molecular complexity index is 523. The van der Waals surface area contributed by atoms with Gasteiger partial charge in [0.05, 0.1) is 6.04 Å². The molecule has 1 aromatic rings. The summed E-state index contributed by atoms with van der Waals surface area (Å²) in [5.41, 5.74) is 0.927. The molecular formula is C19H26Cl2N2O. The molecule has 0 heterocycles. The molecule has 1 aliphatic carbocycles. The summed E-state index contributed by atoms with van der Waals surface area (Å²) >= 11 is 12.3. The number of nitrogens with one attached hydrogen (secondary N) is 1. The van der Waals surface area contributed by atoms with Gasteiger partial charge in [0.2, 0.25) is 5.91 Å². The van der Waals surface area contributed by atoms with E-state index in [4.69, 9.17) is 23.2 Å². The summed E-state index contributed by atoms with van der Waals surface area (Å²) in [5.74, 6) is 0.400. The van der Waals surface area contributed by atoms with Crippen LogP contribution in [0.15, 0.2) is 43.0 Å². The van der Waals surface area contributed by atoms with E-state index in [1.165, 1.54) is 0 Å². The van der Waals surface area contributed by atoms with Gasteiger partial charge in [-0.25, -0.2) is 0 Å². The van der Waals surface area contributed by atoms with Crippen LogP contribution in [0.2, 0.25) is 0 Å². The van der Waals surface area contributed by atoms with E-state index in [9.17, 15) is 4.79 Å². The Hall–Kier alpha value is -1.03. The minimum Gasteiger partial charge on any atom is -0.308 e. The molecule has 0 spiro atoms. The molecule has 0 bridgehead atoms. The number of alkyl halides is 2. The van der Waals surface area contributed by atoms with Crippen molar-refractivity contribution in [3.63, 3.8) is 0 Å². The fourth-order valence-corrected chi connectivity index (χ4v) is 3.88. The highest BCUT2D eigenvalue weighted by Gasteiger charge is 2.34. The molecular weight excluding hydrogens is 343 g/mol. The molecule has 1 aliphatic rings. The average molecular weight is 369 g/mol. The van der Waals surface area contributed by atoms with E-state index in [0.29, 0.717) is 18.8 Å². The summed E-state index contributed by atoms with van der Waals surface area (Å²) in [7, 11) is 0. The predicted molar refractivity (Wildman–Crippen MR) is 103 cm³/mol. The number of anilines is 1. The Kier molecular flexibility index (Phi) is 8.10. The molecule has 1 unspecified atom stereocenters. The maximum absolute atomic E-state index is 12.8. The molecule has 5 heteroatoms. The van der Waals surface area contributed by atoms with Crippen LogP contribution < -0.4 is 10.2 Å². The number of benzene rings is 1. The fourth-order valence-electron chi connectivity index (χ4n) is 3.37. The third-order valence-corrected chi connectivity index (χ3v) is 5.04. The third kappa shape index (κ3) is 5.23. The molecule has 0 aromatic heterocycles. The van der Waals surface area contributed by atoms with E-state index < -0.39 is 0 Å². The molecule has 0 aliphatic heterocycles. The second-order valence-corrected chi connectivity index (χ2v) is 7.17. The van der Waals surface area contributed by atoms with Gasteiger partial charge in [0.15, 0.2) is 0 Å². The predicted octanol–water partition coefficient (Wildman–Crippen LogP) is 4.34. The van der Waals surface area contributed by atoms with Gasteiger partial charge in [0.25, 0.3) is 0 Å². The lowest BCUT2D eigenvalue weighted by atomic mass is 9.99. The van der Waals surface area contributed by atoms with Crippen molar-refractivity contribution in [3.8, 4) is 0 Å². The molecule has 1 amide bonds. The first kappa shape index (κ1) is 19.3. The maximum atomic E-state index is 12.8. The first-order valence-corrected chi connectivity index (χ1v) is 9.56. The quantitative estimate of drug-likeness (QED) is 0.441. The van der Waals surface area contributed by atoms with Crippen LogP contribution in [-0.4, -0.2) is 35.8 Å². The van der Waals surface area contributed by atoms with Gasteiger partial charge < -0.3 is 10.2 Å². The summed E-state index contributed by atoms with van der Waals surface area (Å²) < 4.78 is 0. The van der Waals surface area contributed by atoms with E-state index in [1.807, 2.05) is 41.3 Å². The second kappa shape index (κ2) is 10.1. The van der Waals surface area contributed by atoms with Crippen LogP contribution in [0, 0.1) is 0 Å². The standard InChI is InChI=1S/C19H26Cl2N2O/c1-2-13-22-17-14-15(21)7-6-10-18(17)23(19(24)11-12-20)16-8-4-3-5-9-16/h2-5,8-9,15,17-18,22H,1,6-7,10-14H2/t15?,17-,18-/m1/s1.